The summed E-state index contributed by atoms with van der Waals surface area (Å²) in [6.07, 6.45) is 0. The number of anilines is 1. The van der Waals surface area contributed by atoms with E-state index in [1.54, 1.807) is 24.3 Å². The number of thioether (sulfide) groups is 1. The summed E-state index contributed by atoms with van der Waals surface area (Å²) in [5.74, 6) is 0.393. The van der Waals surface area contributed by atoms with E-state index >= 15 is 0 Å². The van der Waals surface area contributed by atoms with Crippen LogP contribution in [0.2, 0.25) is 5.02 Å². The van der Waals surface area contributed by atoms with Crippen molar-refractivity contribution in [2.75, 3.05) is 4.72 Å². The summed E-state index contributed by atoms with van der Waals surface area (Å²) >= 11 is 7.16. The number of imidazole rings is 1. The maximum Gasteiger partial charge on any atom is 0.294 e. The summed E-state index contributed by atoms with van der Waals surface area (Å²) in [5, 5.41) is 0.957. The molecule has 4 aromatic rings. The van der Waals surface area contributed by atoms with Gasteiger partial charge in [0.2, 0.25) is 0 Å². The summed E-state index contributed by atoms with van der Waals surface area (Å²) in [4.78, 5) is 7.26. The zero-order chi connectivity index (χ0) is 22.9. The highest BCUT2D eigenvalue weighted by molar-refractivity contribution is 7.98. The predicted octanol–water partition coefficient (Wildman–Crippen LogP) is 4.56. The molecule has 3 N–H and O–H groups in total. The second-order valence-electron chi connectivity index (χ2n) is 6.70. The summed E-state index contributed by atoms with van der Waals surface area (Å²) in [6.45, 7) is 0. The molecule has 0 amide bonds. The number of H-pyrrole nitrogens is 1. The Kier molecular flexibility index (Phi) is 6.19. The Bertz CT molecular complexity index is 1500. The molecular weight excluding hydrogens is 494 g/mol. The van der Waals surface area contributed by atoms with Gasteiger partial charge < -0.3 is 4.98 Å². The van der Waals surface area contributed by atoms with E-state index < -0.39 is 20.1 Å². The van der Waals surface area contributed by atoms with Gasteiger partial charge in [-0.3, -0.25) is 9.27 Å². The Labute approximate surface area is 193 Å². The Morgan fingerprint density at radius 3 is 2.38 bits per heavy atom. The van der Waals surface area contributed by atoms with E-state index in [1.807, 2.05) is 0 Å². The lowest BCUT2D eigenvalue weighted by Crippen LogP contribution is -2.14. The van der Waals surface area contributed by atoms with Crippen LogP contribution in [0.4, 0.5) is 5.69 Å². The summed E-state index contributed by atoms with van der Waals surface area (Å²) in [5.41, 5.74) is 2.16. The highest BCUT2D eigenvalue weighted by atomic mass is 35.5. The maximum absolute atomic E-state index is 12.7. The molecule has 0 saturated heterocycles. The third kappa shape index (κ3) is 5.08. The number of benzene rings is 3. The molecule has 0 spiro atoms. The fraction of sp³-hybridized carbons (Fsp3) is 0.0500. The third-order valence-electron chi connectivity index (χ3n) is 4.48. The molecule has 0 atom stereocenters. The van der Waals surface area contributed by atoms with E-state index in [2.05, 4.69) is 14.7 Å². The van der Waals surface area contributed by atoms with Crippen LogP contribution in [0.1, 0.15) is 5.56 Å². The molecule has 4 rings (SSSR count). The number of para-hydroxylation sites is 1. The van der Waals surface area contributed by atoms with Gasteiger partial charge in [-0.25, -0.2) is 13.4 Å². The van der Waals surface area contributed by atoms with Gasteiger partial charge in [0.15, 0.2) is 5.16 Å². The fourth-order valence-corrected chi connectivity index (χ4v) is 5.53. The lowest BCUT2D eigenvalue weighted by atomic mass is 10.2. The Morgan fingerprint density at radius 2 is 1.66 bits per heavy atom. The van der Waals surface area contributed by atoms with Gasteiger partial charge in [-0.2, -0.15) is 8.42 Å². The molecule has 0 radical (unpaired) electrons. The highest BCUT2D eigenvalue weighted by Gasteiger charge is 2.17. The number of nitrogens with one attached hydrogen (secondary N) is 2. The van der Waals surface area contributed by atoms with Gasteiger partial charge in [0.05, 0.1) is 26.5 Å². The number of hydrogen-bond donors (Lipinski definition) is 3. The number of fused-ring (bicyclic) bond motifs is 1. The van der Waals surface area contributed by atoms with Gasteiger partial charge in [0.25, 0.3) is 20.1 Å². The van der Waals surface area contributed by atoms with Crippen LogP contribution in [0.3, 0.4) is 0 Å². The Balaban J connectivity index is 1.54. The monoisotopic (exact) mass is 509 g/mol. The number of halogens is 1. The molecular formula is C20H16ClN3O5S3. The van der Waals surface area contributed by atoms with E-state index in [0.29, 0.717) is 32.7 Å². The largest absolute Gasteiger partial charge is 0.333 e. The molecule has 0 unspecified atom stereocenters. The van der Waals surface area contributed by atoms with Crippen molar-refractivity contribution in [2.24, 2.45) is 0 Å². The first-order valence-electron chi connectivity index (χ1n) is 9.08. The minimum atomic E-state index is -4.32. The molecule has 8 nitrogen and oxygen atoms in total. The Morgan fingerprint density at radius 1 is 0.969 bits per heavy atom. The number of sulfonamides is 1. The fourth-order valence-electron chi connectivity index (χ4n) is 2.90. The van der Waals surface area contributed by atoms with Gasteiger partial charge >= 0.3 is 0 Å². The van der Waals surface area contributed by atoms with Crippen LogP contribution in [0.5, 0.6) is 0 Å². The molecule has 0 fully saturated rings. The molecule has 166 valence electrons. The van der Waals surface area contributed by atoms with Crippen LogP contribution in [-0.4, -0.2) is 31.4 Å². The molecule has 0 aliphatic rings. The minimum Gasteiger partial charge on any atom is -0.333 e. The van der Waals surface area contributed by atoms with Crippen molar-refractivity contribution in [2.45, 2.75) is 20.7 Å². The maximum atomic E-state index is 12.7. The van der Waals surface area contributed by atoms with Gasteiger partial charge in [-0.05, 0) is 54.1 Å². The van der Waals surface area contributed by atoms with Crippen molar-refractivity contribution in [3.05, 3.63) is 77.3 Å². The zero-order valence-corrected chi connectivity index (χ0v) is 19.4. The minimum absolute atomic E-state index is 0.0938. The molecule has 0 aliphatic carbocycles. The van der Waals surface area contributed by atoms with E-state index in [-0.39, 0.29) is 9.79 Å². The number of rotatable bonds is 7. The summed E-state index contributed by atoms with van der Waals surface area (Å²) in [6, 6.07) is 16.9. The number of aromatic nitrogens is 2. The zero-order valence-electron chi connectivity index (χ0n) is 16.2. The van der Waals surface area contributed by atoms with Gasteiger partial charge in [-0.1, -0.05) is 41.6 Å². The molecule has 0 aliphatic heterocycles. The smallest absolute Gasteiger partial charge is 0.294 e. The van der Waals surface area contributed by atoms with Crippen LogP contribution in [-0.2, 0) is 25.9 Å². The topological polar surface area (TPSA) is 129 Å². The summed E-state index contributed by atoms with van der Waals surface area (Å²) < 4.78 is 59.9. The Hall–Kier alpha value is -2.57. The van der Waals surface area contributed by atoms with Crippen LogP contribution >= 0.6 is 23.4 Å². The van der Waals surface area contributed by atoms with Gasteiger partial charge in [-0.15, -0.1) is 0 Å². The lowest BCUT2D eigenvalue weighted by Gasteiger charge is -2.12. The molecule has 3 aromatic carbocycles. The second kappa shape index (κ2) is 8.75. The first-order valence-corrected chi connectivity index (χ1v) is 13.4. The molecule has 1 heterocycles. The summed E-state index contributed by atoms with van der Waals surface area (Å²) in [7, 11) is -8.11. The normalized spacial score (nSPS) is 12.2. The average Bonchev–Trinajstić information content (AvgIpc) is 3.15. The van der Waals surface area contributed by atoms with Crippen molar-refractivity contribution >= 4 is 60.2 Å². The molecule has 0 bridgehead atoms. The van der Waals surface area contributed by atoms with Crippen molar-refractivity contribution in [3.63, 3.8) is 0 Å². The quantitative estimate of drug-likeness (QED) is 0.246. The third-order valence-corrected chi connectivity index (χ3v) is 7.88. The van der Waals surface area contributed by atoms with E-state index in [4.69, 9.17) is 11.6 Å². The van der Waals surface area contributed by atoms with Crippen molar-refractivity contribution in [3.8, 4) is 0 Å². The standard InChI is InChI=1S/C20H16ClN3O5S3/c21-14-5-7-15(8-6-14)31(25,26)24-17-4-2-1-3-13(17)12-30-20-22-18-10-9-16(32(27,28)29)11-19(18)23-20/h1-11,24H,12H2,(H,22,23)(H,27,28,29). The SMILES string of the molecule is O=S(=O)(O)c1ccc2nc(SCc3ccccc3NS(=O)(=O)c3ccc(Cl)cc3)[nH]c2c1. The number of aromatic amines is 1. The van der Waals surface area contributed by atoms with Crippen LogP contribution in [0.15, 0.2) is 81.7 Å². The van der Waals surface area contributed by atoms with Crippen molar-refractivity contribution < 1.29 is 21.4 Å². The predicted molar refractivity (Wildman–Crippen MR) is 124 cm³/mol. The number of hydrogen-bond acceptors (Lipinski definition) is 6. The van der Waals surface area contributed by atoms with E-state index in [1.165, 1.54) is 54.2 Å². The van der Waals surface area contributed by atoms with Gasteiger partial charge in [0.1, 0.15) is 0 Å². The molecule has 12 heteroatoms. The number of nitrogens with zero attached hydrogens (tertiary/aromatic N) is 1. The van der Waals surface area contributed by atoms with Gasteiger partial charge in [0, 0.05) is 10.8 Å². The van der Waals surface area contributed by atoms with Crippen molar-refractivity contribution in [1.29, 1.82) is 0 Å². The van der Waals surface area contributed by atoms with Crippen LogP contribution < -0.4 is 4.72 Å². The second-order valence-corrected chi connectivity index (χ2v) is 11.2. The van der Waals surface area contributed by atoms with Crippen molar-refractivity contribution in [1.82, 2.24) is 9.97 Å². The van der Waals surface area contributed by atoms with Crippen LogP contribution in [0.25, 0.3) is 11.0 Å². The first kappa shape index (κ1) is 22.6. The van der Waals surface area contributed by atoms with E-state index in [0.717, 1.165) is 5.56 Å². The van der Waals surface area contributed by atoms with Crippen LogP contribution in [0, 0.1) is 0 Å². The van der Waals surface area contributed by atoms with E-state index in [9.17, 15) is 21.4 Å². The molecule has 1 aromatic heterocycles. The first-order chi connectivity index (χ1) is 15.1. The highest BCUT2D eigenvalue weighted by Crippen LogP contribution is 2.29. The lowest BCUT2D eigenvalue weighted by molar-refractivity contribution is 0.483. The average molecular weight is 510 g/mol. The molecule has 32 heavy (non-hydrogen) atoms. The molecule has 0 saturated carbocycles.